The van der Waals surface area contributed by atoms with Crippen LogP contribution in [0.5, 0.6) is 0 Å². The molecule has 1 fully saturated rings. The van der Waals surface area contributed by atoms with Crippen molar-refractivity contribution < 1.29 is 13.2 Å². The molecular formula is C24H32N2O3S. The van der Waals surface area contributed by atoms with E-state index >= 15 is 0 Å². The van der Waals surface area contributed by atoms with Gasteiger partial charge in [-0.2, -0.15) is 0 Å². The number of nitrogens with one attached hydrogen (secondary N) is 1. The fraction of sp³-hybridized carbons (Fsp3) is 0.458. The lowest BCUT2D eigenvalue weighted by atomic mass is 9.95. The highest BCUT2D eigenvalue weighted by molar-refractivity contribution is 7.88. The first-order valence-corrected chi connectivity index (χ1v) is 12.3. The molecule has 1 aliphatic rings. The Bertz CT molecular complexity index is 962. The van der Waals surface area contributed by atoms with Crippen LogP contribution in [0.1, 0.15) is 54.5 Å². The molecule has 1 heterocycles. The van der Waals surface area contributed by atoms with Crippen LogP contribution in [0.4, 0.5) is 0 Å². The minimum Gasteiger partial charge on any atom is -0.349 e. The van der Waals surface area contributed by atoms with Gasteiger partial charge in [0.15, 0.2) is 0 Å². The Hall–Kier alpha value is -2.18. The van der Waals surface area contributed by atoms with Crippen LogP contribution >= 0.6 is 0 Å². The van der Waals surface area contributed by atoms with Gasteiger partial charge >= 0.3 is 0 Å². The molecule has 2 aromatic rings. The fourth-order valence-electron chi connectivity index (χ4n) is 3.97. The van der Waals surface area contributed by atoms with Crippen LogP contribution in [0.2, 0.25) is 0 Å². The van der Waals surface area contributed by atoms with Crippen molar-refractivity contribution in [2.24, 2.45) is 5.92 Å². The standard InChI is InChI=1S/C24H32N2O3S/c1-4-23(20-11-9-18(2)10-12-20)25-24(27)21-13-15-26(16-14-21)30(28,29)17-22-8-6-5-7-19(22)3/h5-12,21,23H,4,13-17H2,1-3H3,(H,25,27)/t23-/m0/s1. The molecule has 0 bridgehead atoms. The Morgan fingerprint density at radius 1 is 1.07 bits per heavy atom. The van der Waals surface area contributed by atoms with Gasteiger partial charge in [-0.15, -0.1) is 0 Å². The third kappa shape index (κ3) is 5.49. The van der Waals surface area contributed by atoms with Gasteiger partial charge in [-0.1, -0.05) is 61.0 Å². The van der Waals surface area contributed by atoms with Gasteiger partial charge in [-0.05, 0) is 49.8 Å². The highest BCUT2D eigenvalue weighted by atomic mass is 32.2. The van der Waals surface area contributed by atoms with E-state index in [4.69, 9.17) is 0 Å². The topological polar surface area (TPSA) is 66.5 Å². The molecule has 0 radical (unpaired) electrons. The van der Waals surface area contributed by atoms with Crippen molar-refractivity contribution in [3.05, 3.63) is 70.8 Å². The third-order valence-electron chi connectivity index (χ3n) is 6.02. The first-order valence-electron chi connectivity index (χ1n) is 10.7. The summed E-state index contributed by atoms with van der Waals surface area (Å²) in [5.41, 5.74) is 4.12. The second kappa shape index (κ2) is 9.75. The molecule has 162 valence electrons. The Morgan fingerprint density at radius 3 is 2.30 bits per heavy atom. The molecule has 1 N–H and O–H groups in total. The molecule has 3 rings (SSSR count). The second-order valence-corrected chi connectivity index (χ2v) is 10.2. The molecule has 0 unspecified atom stereocenters. The van der Waals surface area contributed by atoms with E-state index in [1.165, 1.54) is 5.56 Å². The molecule has 30 heavy (non-hydrogen) atoms. The van der Waals surface area contributed by atoms with E-state index < -0.39 is 10.0 Å². The number of amides is 1. The fourth-order valence-corrected chi connectivity index (χ4v) is 5.63. The van der Waals surface area contributed by atoms with Crippen LogP contribution in [-0.2, 0) is 20.6 Å². The molecule has 0 aliphatic carbocycles. The Labute approximate surface area is 180 Å². The van der Waals surface area contributed by atoms with Crippen molar-refractivity contribution in [1.29, 1.82) is 0 Å². The van der Waals surface area contributed by atoms with Gasteiger partial charge in [0.1, 0.15) is 0 Å². The smallest absolute Gasteiger partial charge is 0.223 e. The van der Waals surface area contributed by atoms with Crippen LogP contribution in [0, 0.1) is 19.8 Å². The lowest BCUT2D eigenvalue weighted by molar-refractivity contribution is -0.126. The Balaban J connectivity index is 1.57. The van der Waals surface area contributed by atoms with Crippen LogP contribution in [0.3, 0.4) is 0 Å². The van der Waals surface area contributed by atoms with Gasteiger partial charge in [0.05, 0.1) is 11.8 Å². The van der Waals surface area contributed by atoms with Crippen molar-refractivity contribution in [1.82, 2.24) is 9.62 Å². The molecule has 1 saturated heterocycles. The number of nitrogens with zero attached hydrogens (tertiary/aromatic N) is 1. The van der Waals surface area contributed by atoms with E-state index in [1.54, 1.807) is 4.31 Å². The first-order chi connectivity index (χ1) is 14.3. The van der Waals surface area contributed by atoms with E-state index in [0.717, 1.165) is 23.1 Å². The first kappa shape index (κ1) is 22.5. The summed E-state index contributed by atoms with van der Waals surface area (Å²) >= 11 is 0. The molecule has 1 aliphatic heterocycles. The Kier molecular flexibility index (Phi) is 7.32. The summed E-state index contributed by atoms with van der Waals surface area (Å²) in [6.45, 7) is 6.83. The number of hydrogen-bond acceptors (Lipinski definition) is 3. The van der Waals surface area contributed by atoms with Gasteiger partial charge in [-0.3, -0.25) is 4.79 Å². The highest BCUT2D eigenvalue weighted by Gasteiger charge is 2.32. The predicted octanol–water partition coefficient (Wildman–Crippen LogP) is 4.11. The summed E-state index contributed by atoms with van der Waals surface area (Å²) in [4.78, 5) is 12.8. The molecule has 0 saturated carbocycles. The number of carbonyl (C=O) groups is 1. The maximum atomic E-state index is 12.8. The summed E-state index contributed by atoms with van der Waals surface area (Å²) in [7, 11) is -3.38. The van der Waals surface area contributed by atoms with Gasteiger partial charge in [-0.25, -0.2) is 12.7 Å². The number of piperidine rings is 1. The third-order valence-corrected chi connectivity index (χ3v) is 7.85. The average molecular weight is 429 g/mol. The number of hydrogen-bond donors (Lipinski definition) is 1. The average Bonchev–Trinajstić information content (AvgIpc) is 2.74. The molecule has 0 aromatic heterocycles. The minimum atomic E-state index is -3.38. The number of carbonyl (C=O) groups excluding carboxylic acids is 1. The lowest BCUT2D eigenvalue weighted by Gasteiger charge is -2.31. The molecule has 2 aromatic carbocycles. The van der Waals surface area contributed by atoms with Crippen LogP contribution < -0.4 is 5.32 Å². The number of rotatable bonds is 7. The quantitative estimate of drug-likeness (QED) is 0.722. The number of benzene rings is 2. The summed E-state index contributed by atoms with van der Waals surface area (Å²) in [5.74, 6) is -0.102. The van der Waals surface area contributed by atoms with Crippen LogP contribution in [0.15, 0.2) is 48.5 Å². The largest absolute Gasteiger partial charge is 0.349 e. The summed E-state index contributed by atoms with van der Waals surface area (Å²) in [6.07, 6.45) is 1.94. The zero-order valence-corrected chi connectivity index (χ0v) is 18.9. The van der Waals surface area contributed by atoms with Crippen molar-refractivity contribution in [3.8, 4) is 0 Å². The normalized spacial score (nSPS) is 16.9. The number of sulfonamides is 1. The molecule has 1 amide bonds. The van der Waals surface area contributed by atoms with Gasteiger partial charge < -0.3 is 5.32 Å². The maximum absolute atomic E-state index is 12.8. The van der Waals surface area contributed by atoms with Crippen molar-refractivity contribution in [3.63, 3.8) is 0 Å². The summed E-state index contributed by atoms with van der Waals surface area (Å²) in [5, 5.41) is 3.17. The van der Waals surface area contributed by atoms with Gasteiger partial charge in [0.2, 0.25) is 15.9 Å². The van der Waals surface area contributed by atoms with Crippen LogP contribution in [0.25, 0.3) is 0 Å². The molecule has 5 nitrogen and oxygen atoms in total. The SMILES string of the molecule is CC[C@H](NC(=O)C1CCN(S(=O)(=O)Cc2ccccc2C)CC1)c1ccc(C)cc1. The Morgan fingerprint density at radius 2 is 1.70 bits per heavy atom. The van der Waals surface area contributed by atoms with E-state index in [9.17, 15) is 13.2 Å². The van der Waals surface area contributed by atoms with Gasteiger partial charge in [0.25, 0.3) is 0 Å². The maximum Gasteiger partial charge on any atom is 0.223 e. The molecule has 6 heteroatoms. The van der Waals surface area contributed by atoms with Crippen molar-refractivity contribution in [2.75, 3.05) is 13.1 Å². The van der Waals surface area contributed by atoms with E-state index in [2.05, 4.69) is 36.5 Å². The summed E-state index contributed by atoms with van der Waals surface area (Å²) in [6, 6.07) is 15.8. The zero-order valence-electron chi connectivity index (χ0n) is 18.1. The lowest BCUT2D eigenvalue weighted by Crippen LogP contribution is -2.44. The second-order valence-electron chi connectivity index (χ2n) is 8.24. The molecular weight excluding hydrogens is 396 g/mol. The van der Waals surface area contributed by atoms with E-state index in [1.807, 2.05) is 38.1 Å². The van der Waals surface area contributed by atoms with Crippen molar-refractivity contribution in [2.45, 2.75) is 51.8 Å². The van der Waals surface area contributed by atoms with Gasteiger partial charge in [0, 0.05) is 19.0 Å². The van der Waals surface area contributed by atoms with Crippen molar-refractivity contribution >= 4 is 15.9 Å². The summed E-state index contributed by atoms with van der Waals surface area (Å²) < 4.78 is 27.2. The highest BCUT2D eigenvalue weighted by Crippen LogP contribution is 2.24. The van der Waals surface area contributed by atoms with Crippen LogP contribution in [-0.4, -0.2) is 31.7 Å². The molecule has 1 atom stereocenters. The number of aryl methyl sites for hydroxylation is 2. The predicted molar refractivity (Wildman–Crippen MR) is 120 cm³/mol. The monoisotopic (exact) mass is 428 g/mol. The molecule has 0 spiro atoms. The minimum absolute atomic E-state index is 0.0130. The zero-order chi connectivity index (χ0) is 21.7. The van der Waals surface area contributed by atoms with E-state index in [0.29, 0.717) is 25.9 Å². The van der Waals surface area contributed by atoms with E-state index in [-0.39, 0.29) is 23.6 Å².